The number of rotatable bonds is 8. The van der Waals surface area contributed by atoms with E-state index in [9.17, 15) is 9.18 Å². The first-order valence-corrected chi connectivity index (χ1v) is 9.76. The van der Waals surface area contributed by atoms with Crippen molar-refractivity contribution in [2.45, 2.75) is 20.0 Å². The van der Waals surface area contributed by atoms with Crippen molar-refractivity contribution in [2.24, 2.45) is 4.99 Å². The van der Waals surface area contributed by atoms with Crippen molar-refractivity contribution >= 4 is 17.6 Å². The molecule has 3 rings (SSSR count). The first-order valence-electron chi connectivity index (χ1n) is 9.76. The van der Waals surface area contributed by atoms with Crippen molar-refractivity contribution in [1.82, 2.24) is 20.4 Å². The van der Waals surface area contributed by atoms with E-state index < -0.39 is 0 Å². The monoisotopic (exact) mass is 408 g/mol. The quantitative estimate of drug-likeness (QED) is 0.395. The Morgan fingerprint density at radius 1 is 1.07 bits per heavy atom. The summed E-state index contributed by atoms with van der Waals surface area (Å²) in [6.45, 7) is 3.80. The van der Waals surface area contributed by atoms with Crippen LogP contribution >= 0.6 is 0 Å². The fourth-order valence-electron chi connectivity index (χ4n) is 2.84. The minimum Gasteiger partial charge on any atom is -0.357 e. The van der Waals surface area contributed by atoms with E-state index in [0.29, 0.717) is 31.3 Å². The molecule has 1 aromatic heterocycles. The van der Waals surface area contributed by atoms with Gasteiger partial charge in [0.2, 0.25) is 5.91 Å². The van der Waals surface area contributed by atoms with Crippen molar-refractivity contribution in [3.8, 4) is 0 Å². The Bertz CT molecular complexity index is 970. The molecule has 0 saturated carbocycles. The number of halogens is 1. The van der Waals surface area contributed by atoms with E-state index in [1.54, 1.807) is 6.20 Å². The van der Waals surface area contributed by atoms with Crippen LogP contribution in [0.1, 0.15) is 18.1 Å². The van der Waals surface area contributed by atoms with E-state index in [1.165, 1.54) is 24.3 Å². The zero-order valence-electron chi connectivity index (χ0n) is 16.8. The zero-order chi connectivity index (χ0) is 21.2. The van der Waals surface area contributed by atoms with Crippen molar-refractivity contribution in [3.63, 3.8) is 0 Å². The molecule has 3 N–H and O–H groups in total. The standard InChI is InChI=1S/C22H25FN6O/c1-2-24-22(26-15-21(30)28-20-10-8-19(23)9-11-20)25-14-17-6-3-4-7-18(17)16-29-13-5-12-27-29/h3-13H,2,14-16H2,1H3,(H,28,30)(H2,24,25,26). The van der Waals surface area contributed by atoms with Crippen LogP contribution in [0.3, 0.4) is 0 Å². The van der Waals surface area contributed by atoms with E-state index in [-0.39, 0.29) is 18.3 Å². The third-order valence-electron chi connectivity index (χ3n) is 4.31. The molecule has 0 unspecified atom stereocenters. The molecule has 30 heavy (non-hydrogen) atoms. The molecule has 7 nitrogen and oxygen atoms in total. The molecule has 0 aliphatic rings. The third kappa shape index (κ3) is 6.44. The highest BCUT2D eigenvalue weighted by Crippen LogP contribution is 2.12. The lowest BCUT2D eigenvalue weighted by Crippen LogP contribution is -2.41. The number of carbonyl (C=O) groups excluding carboxylic acids is 1. The van der Waals surface area contributed by atoms with Crippen molar-refractivity contribution in [2.75, 3.05) is 18.4 Å². The van der Waals surface area contributed by atoms with E-state index in [2.05, 4.69) is 32.1 Å². The summed E-state index contributed by atoms with van der Waals surface area (Å²) in [4.78, 5) is 16.8. The van der Waals surface area contributed by atoms with Crippen molar-refractivity contribution < 1.29 is 9.18 Å². The van der Waals surface area contributed by atoms with Crippen LogP contribution in [0.15, 0.2) is 72.0 Å². The molecule has 8 heteroatoms. The summed E-state index contributed by atoms with van der Waals surface area (Å²) in [5, 5.41) is 13.1. The first kappa shape index (κ1) is 21.0. The molecule has 0 bridgehead atoms. The number of hydrogen-bond donors (Lipinski definition) is 3. The van der Waals surface area contributed by atoms with Gasteiger partial charge in [-0.1, -0.05) is 24.3 Å². The average Bonchev–Trinajstić information content (AvgIpc) is 3.26. The summed E-state index contributed by atoms with van der Waals surface area (Å²) < 4.78 is 14.8. The van der Waals surface area contributed by atoms with Crippen LogP contribution in [0, 0.1) is 5.82 Å². The molecule has 2 aromatic carbocycles. The van der Waals surface area contributed by atoms with Gasteiger partial charge in [-0.25, -0.2) is 9.38 Å². The Kier molecular flexibility index (Phi) is 7.54. The van der Waals surface area contributed by atoms with Gasteiger partial charge in [0.1, 0.15) is 5.82 Å². The Morgan fingerprint density at radius 3 is 2.53 bits per heavy atom. The number of nitrogens with one attached hydrogen (secondary N) is 3. The number of aliphatic imine (C=N–C) groups is 1. The number of anilines is 1. The average molecular weight is 408 g/mol. The minimum absolute atomic E-state index is 0.0398. The molecule has 0 fully saturated rings. The maximum absolute atomic E-state index is 13.0. The number of benzene rings is 2. The Balaban J connectivity index is 1.59. The summed E-state index contributed by atoms with van der Waals surface area (Å²) >= 11 is 0. The smallest absolute Gasteiger partial charge is 0.243 e. The molecule has 0 saturated heterocycles. The number of nitrogens with zero attached hydrogens (tertiary/aromatic N) is 3. The van der Waals surface area contributed by atoms with Gasteiger partial charge < -0.3 is 16.0 Å². The second kappa shape index (κ2) is 10.8. The fourth-order valence-corrected chi connectivity index (χ4v) is 2.84. The number of guanidine groups is 1. The molecule has 156 valence electrons. The molecule has 3 aromatic rings. The normalized spacial score (nSPS) is 11.2. The number of amides is 1. The molecule has 1 amide bonds. The lowest BCUT2D eigenvalue weighted by Gasteiger charge is -2.13. The molecule has 0 spiro atoms. The van der Waals surface area contributed by atoms with Crippen LogP contribution in [0.25, 0.3) is 0 Å². The Labute approximate surface area is 175 Å². The van der Waals surface area contributed by atoms with Crippen LogP contribution in [-0.4, -0.2) is 34.7 Å². The predicted molar refractivity (Wildman–Crippen MR) is 116 cm³/mol. The van der Waals surface area contributed by atoms with Gasteiger partial charge in [-0.3, -0.25) is 9.48 Å². The number of aromatic nitrogens is 2. The van der Waals surface area contributed by atoms with Gasteiger partial charge in [-0.15, -0.1) is 0 Å². The second-order valence-corrected chi connectivity index (χ2v) is 6.58. The maximum Gasteiger partial charge on any atom is 0.243 e. The highest BCUT2D eigenvalue weighted by atomic mass is 19.1. The van der Waals surface area contributed by atoms with Crippen LogP contribution in [-0.2, 0) is 17.9 Å². The van der Waals surface area contributed by atoms with E-state index in [0.717, 1.165) is 11.1 Å². The van der Waals surface area contributed by atoms with Crippen LogP contribution in [0.5, 0.6) is 0 Å². The molecule has 1 heterocycles. The molecule has 0 radical (unpaired) electrons. The van der Waals surface area contributed by atoms with Crippen molar-refractivity contribution in [3.05, 3.63) is 83.9 Å². The van der Waals surface area contributed by atoms with Gasteiger partial charge in [-0.05, 0) is 48.4 Å². The highest BCUT2D eigenvalue weighted by Gasteiger charge is 2.06. The zero-order valence-corrected chi connectivity index (χ0v) is 16.8. The summed E-state index contributed by atoms with van der Waals surface area (Å²) in [7, 11) is 0. The Hall–Kier alpha value is -3.68. The largest absolute Gasteiger partial charge is 0.357 e. The van der Waals surface area contributed by atoms with Gasteiger partial charge in [0.05, 0.1) is 19.6 Å². The predicted octanol–water partition coefficient (Wildman–Crippen LogP) is 2.76. The van der Waals surface area contributed by atoms with Gasteiger partial charge >= 0.3 is 0 Å². The van der Waals surface area contributed by atoms with Crippen LogP contribution < -0.4 is 16.0 Å². The number of hydrogen-bond acceptors (Lipinski definition) is 3. The van der Waals surface area contributed by atoms with E-state index in [4.69, 9.17) is 0 Å². The first-order chi connectivity index (χ1) is 14.6. The lowest BCUT2D eigenvalue weighted by molar-refractivity contribution is -0.115. The van der Waals surface area contributed by atoms with Crippen LogP contribution in [0.4, 0.5) is 10.1 Å². The third-order valence-corrected chi connectivity index (χ3v) is 4.31. The van der Waals surface area contributed by atoms with Gasteiger partial charge in [-0.2, -0.15) is 5.10 Å². The van der Waals surface area contributed by atoms with Gasteiger partial charge in [0, 0.05) is 24.6 Å². The summed E-state index contributed by atoms with van der Waals surface area (Å²) in [6, 6.07) is 15.6. The summed E-state index contributed by atoms with van der Waals surface area (Å²) in [5.41, 5.74) is 2.76. The van der Waals surface area contributed by atoms with E-state index in [1.807, 2.05) is 42.1 Å². The maximum atomic E-state index is 13.0. The lowest BCUT2D eigenvalue weighted by atomic mass is 10.1. The highest BCUT2D eigenvalue weighted by molar-refractivity contribution is 5.94. The minimum atomic E-state index is -0.347. The Morgan fingerprint density at radius 2 is 1.83 bits per heavy atom. The van der Waals surface area contributed by atoms with Gasteiger partial charge in [0.15, 0.2) is 5.96 Å². The summed E-state index contributed by atoms with van der Waals surface area (Å²) in [6.07, 6.45) is 3.68. The molecular formula is C22H25FN6O. The number of carbonyl (C=O) groups is 1. The topological polar surface area (TPSA) is 83.3 Å². The SMILES string of the molecule is CCNC(=NCc1ccccc1Cn1cccn1)NCC(=O)Nc1ccc(F)cc1. The summed E-state index contributed by atoms with van der Waals surface area (Å²) in [5.74, 6) is -0.0486. The second-order valence-electron chi connectivity index (χ2n) is 6.58. The molecule has 0 aliphatic heterocycles. The van der Waals surface area contributed by atoms with Gasteiger partial charge in [0.25, 0.3) is 0 Å². The van der Waals surface area contributed by atoms with Crippen molar-refractivity contribution in [1.29, 1.82) is 0 Å². The molecule has 0 atom stereocenters. The fraction of sp³-hybridized carbons (Fsp3) is 0.227. The molecule has 0 aliphatic carbocycles. The van der Waals surface area contributed by atoms with Crippen LogP contribution in [0.2, 0.25) is 0 Å². The molecular weight excluding hydrogens is 383 g/mol. The van der Waals surface area contributed by atoms with E-state index >= 15 is 0 Å².